The van der Waals surface area contributed by atoms with Gasteiger partial charge in [-0.25, -0.2) is 0 Å². The molecule has 1 fully saturated rings. The van der Waals surface area contributed by atoms with Crippen molar-refractivity contribution in [2.75, 3.05) is 0 Å². The fraction of sp³-hybridized carbons (Fsp3) is 0.870. The van der Waals surface area contributed by atoms with Crippen LogP contribution < -0.4 is 0 Å². The predicted octanol–water partition coefficient (Wildman–Crippen LogP) is 5.98. The number of rotatable bonds is 12. The summed E-state index contributed by atoms with van der Waals surface area (Å²) in [6, 6.07) is 0. The Hall–Kier alpha value is -1.19. The average molecular weight is 379 g/mol. The number of likely N-dealkylation sites (tertiary alicyclic amines) is 1. The molecule has 0 aromatic carbocycles. The number of carbonyl (C=O) groups is 2. The Kier molecular flexibility index (Phi) is 8.69. The molecule has 1 amide bonds. The van der Waals surface area contributed by atoms with Crippen LogP contribution in [0.2, 0.25) is 0 Å². The molecular weight excluding hydrogens is 336 g/mol. The van der Waals surface area contributed by atoms with Crippen molar-refractivity contribution in [2.24, 2.45) is 17.3 Å². The molecule has 0 radical (unpaired) electrons. The fourth-order valence-electron chi connectivity index (χ4n) is 4.73. The van der Waals surface area contributed by atoms with Crippen LogP contribution in [0.3, 0.4) is 0 Å². The van der Waals surface area contributed by atoms with Crippen LogP contribution in [0.4, 0.5) is 0 Å². The number of hydrogen-bond acceptors (Lipinski definition) is 3. The minimum Gasteiger partial charge on any atom is -0.299 e. The quantitative estimate of drug-likeness (QED) is 0.424. The minimum absolute atomic E-state index is 0.0598. The number of nitrogens with zero attached hydrogens (tertiary/aromatic N) is 1. The predicted molar refractivity (Wildman–Crippen MR) is 113 cm³/mol. The highest BCUT2D eigenvalue weighted by Gasteiger charge is 2.46. The van der Waals surface area contributed by atoms with Crippen molar-refractivity contribution in [3.05, 3.63) is 0 Å². The summed E-state index contributed by atoms with van der Waals surface area (Å²) in [5.41, 5.74) is -1.01. The van der Waals surface area contributed by atoms with Crippen LogP contribution in [0.5, 0.6) is 0 Å². The van der Waals surface area contributed by atoms with E-state index in [1.807, 2.05) is 27.7 Å². The Morgan fingerprint density at radius 2 is 1.78 bits per heavy atom. The first-order chi connectivity index (χ1) is 12.5. The van der Waals surface area contributed by atoms with E-state index in [1.54, 1.807) is 11.8 Å². The molecule has 0 aliphatic carbocycles. The molecule has 1 saturated heterocycles. The largest absolute Gasteiger partial charge is 0.299 e. The lowest BCUT2D eigenvalue weighted by Crippen LogP contribution is -2.50. The summed E-state index contributed by atoms with van der Waals surface area (Å²) in [4.78, 5) is 26.9. The molecule has 4 heteroatoms. The van der Waals surface area contributed by atoms with Gasteiger partial charge in [0.15, 0.2) is 0 Å². The second-order valence-electron chi connectivity index (χ2n) is 9.84. The van der Waals surface area contributed by atoms with Gasteiger partial charge >= 0.3 is 0 Å². The molecule has 0 aromatic heterocycles. The van der Waals surface area contributed by atoms with Crippen molar-refractivity contribution >= 4 is 17.5 Å². The standard InChI is InChI=1S/C23H42N2O2/c1-8-10-11-13-18(12-9-2)14-19-15-20(24)25(21(19)27)23(6,7)16-22(4,5)17(3)26/h18-19,24H,8-16H2,1-7H3. The summed E-state index contributed by atoms with van der Waals surface area (Å²) < 4.78 is 0. The molecule has 1 heterocycles. The highest BCUT2D eigenvalue weighted by atomic mass is 16.2. The lowest BCUT2D eigenvalue weighted by Gasteiger charge is -2.40. The van der Waals surface area contributed by atoms with E-state index in [0.717, 1.165) is 12.8 Å². The Bertz CT molecular complexity index is 536. The van der Waals surface area contributed by atoms with Gasteiger partial charge in [0.25, 0.3) is 0 Å². The Morgan fingerprint density at radius 1 is 1.15 bits per heavy atom. The van der Waals surface area contributed by atoms with Crippen molar-refractivity contribution in [1.29, 1.82) is 5.41 Å². The topological polar surface area (TPSA) is 61.2 Å². The summed E-state index contributed by atoms with van der Waals surface area (Å²) in [5, 5.41) is 8.47. The lowest BCUT2D eigenvalue weighted by molar-refractivity contribution is -0.136. The second kappa shape index (κ2) is 9.84. The number of amidine groups is 1. The Balaban J connectivity index is 2.85. The molecule has 4 nitrogen and oxygen atoms in total. The van der Waals surface area contributed by atoms with Crippen LogP contribution in [0.15, 0.2) is 0 Å². The van der Waals surface area contributed by atoms with Crippen molar-refractivity contribution in [3.8, 4) is 0 Å². The lowest BCUT2D eigenvalue weighted by atomic mass is 9.76. The van der Waals surface area contributed by atoms with E-state index in [1.165, 1.54) is 32.1 Å². The molecule has 0 aromatic rings. The zero-order valence-corrected chi connectivity index (χ0v) is 18.8. The maximum Gasteiger partial charge on any atom is 0.231 e. The van der Waals surface area contributed by atoms with Crippen LogP contribution in [-0.2, 0) is 9.59 Å². The first-order valence-electron chi connectivity index (χ1n) is 10.9. The van der Waals surface area contributed by atoms with Crippen molar-refractivity contribution < 1.29 is 9.59 Å². The summed E-state index contributed by atoms with van der Waals surface area (Å²) >= 11 is 0. The zero-order chi connectivity index (χ0) is 20.8. The summed E-state index contributed by atoms with van der Waals surface area (Å²) in [7, 11) is 0. The maximum atomic E-state index is 13.2. The average Bonchev–Trinajstić information content (AvgIpc) is 2.81. The first-order valence-corrected chi connectivity index (χ1v) is 10.9. The van der Waals surface area contributed by atoms with Crippen molar-refractivity contribution in [2.45, 2.75) is 112 Å². The fourth-order valence-corrected chi connectivity index (χ4v) is 4.73. The monoisotopic (exact) mass is 378 g/mol. The van der Waals surface area contributed by atoms with Gasteiger partial charge in [0, 0.05) is 23.3 Å². The molecule has 156 valence electrons. The first kappa shape index (κ1) is 23.8. The molecule has 1 aliphatic rings. The highest BCUT2D eigenvalue weighted by molar-refractivity contribution is 6.05. The van der Waals surface area contributed by atoms with Crippen LogP contribution >= 0.6 is 0 Å². The van der Waals surface area contributed by atoms with E-state index >= 15 is 0 Å². The number of hydrogen-bond donors (Lipinski definition) is 1. The molecule has 2 unspecified atom stereocenters. The normalized spacial score (nSPS) is 19.7. The second-order valence-corrected chi connectivity index (χ2v) is 9.84. The third-order valence-electron chi connectivity index (χ3n) is 6.24. The smallest absolute Gasteiger partial charge is 0.231 e. The van der Waals surface area contributed by atoms with Gasteiger partial charge in [0.05, 0.1) is 0 Å². The summed E-state index contributed by atoms with van der Waals surface area (Å²) in [5.74, 6) is 1.18. The molecule has 2 atom stereocenters. The van der Waals surface area contributed by atoms with Gasteiger partial charge in [0.2, 0.25) is 5.91 Å². The van der Waals surface area contributed by atoms with Crippen molar-refractivity contribution in [1.82, 2.24) is 4.90 Å². The van der Waals surface area contributed by atoms with Crippen LogP contribution in [0, 0.1) is 22.7 Å². The van der Waals surface area contributed by atoms with E-state index in [-0.39, 0.29) is 17.6 Å². The van der Waals surface area contributed by atoms with Gasteiger partial charge in [-0.05, 0) is 39.5 Å². The van der Waals surface area contributed by atoms with Gasteiger partial charge in [-0.1, -0.05) is 66.2 Å². The van der Waals surface area contributed by atoms with E-state index in [2.05, 4.69) is 13.8 Å². The van der Waals surface area contributed by atoms with E-state index in [4.69, 9.17) is 5.41 Å². The summed E-state index contributed by atoms with van der Waals surface area (Å²) in [6.45, 7) is 13.9. The van der Waals surface area contributed by atoms with Crippen molar-refractivity contribution in [3.63, 3.8) is 0 Å². The van der Waals surface area contributed by atoms with Gasteiger partial charge < -0.3 is 0 Å². The molecule has 0 saturated carbocycles. The Labute approximate surface area is 167 Å². The number of nitrogens with one attached hydrogen (secondary N) is 1. The van der Waals surface area contributed by atoms with Gasteiger partial charge in [-0.2, -0.15) is 0 Å². The zero-order valence-electron chi connectivity index (χ0n) is 18.8. The van der Waals surface area contributed by atoms with E-state index in [9.17, 15) is 9.59 Å². The molecule has 0 spiro atoms. The van der Waals surface area contributed by atoms with E-state index in [0.29, 0.717) is 24.6 Å². The van der Waals surface area contributed by atoms with Gasteiger partial charge in [0.1, 0.15) is 11.6 Å². The minimum atomic E-state index is -0.513. The SMILES string of the molecule is CCCCCC(CCC)CC1CC(=N)N(C(C)(C)CC(C)(C)C(C)=O)C1=O. The molecule has 27 heavy (non-hydrogen) atoms. The number of amides is 1. The molecular formula is C23H42N2O2. The Morgan fingerprint density at radius 3 is 2.30 bits per heavy atom. The number of ketones is 1. The summed E-state index contributed by atoms with van der Waals surface area (Å²) in [6.07, 6.45) is 9.26. The van der Waals surface area contributed by atoms with E-state index < -0.39 is 11.0 Å². The van der Waals surface area contributed by atoms with Gasteiger partial charge in [-0.15, -0.1) is 0 Å². The third-order valence-corrected chi connectivity index (χ3v) is 6.24. The molecule has 1 N–H and O–H groups in total. The van der Waals surface area contributed by atoms with Crippen LogP contribution in [0.1, 0.15) is 106 Å². The van der Waals surface area contributed by atoms with Crippen LogP contribution in [-0.4, -0.2) is 28.0 Å². The maximum absolute atomic E-state index is 13.2. The van der Waals surface area contributed by atoms with Crippen LogP contribution in [0.25, 0.3) is 0 Å². The highest BCUT2D eigenvalue weighted by Crippen LogP contribution is 2.39. The number of carbonyl (C=O) groups excluding carboxylic acids is 2. The molecule has 1 aliphatic heterocycles. The third kappa shape index (κ3) is 6.43. The molecule has 0 bridgehead atoms. The molecule has 1 rings (SSSR count). The van der Waals surface area contributed by atoms with Gasteiger partial charge in [-0.3, -0.25) is 19.9 Å². The number of unbranched alkanes of at least 4 members (excludes halogenated alkanes) is 2. The number of Topliss-reactive ketones (excluding diaryl/α,β-unsaturated/α-hetero) is 1.